The van der Waals surface area contributed by atoms with E-state index >= 15 is 0 Å². The van der Waals surface area contributed by atoms with E-state index in [0.29, 0.717) is 11.1 Å². The van der Waals surface area contributed by atoms with Crippen LogP contribution in [-0.4, -0.2) is 22.6 Å². The van der Waals surface area contributed by atoms with Crippen LogP contribution in [0.15, 0.2) is 163 Å². The third-order valence-electron chi connectivity index (χ3n) is 7.98. The average molecular weight is 561 g/mol. The van der Waals surface area contributed by atoms with E-state index in [9.17, 15) is 14.4 Å². The molecule has 0 spiro atoms. The third-order valence-corrected chi connectivity index (χ3v) is 12.3. The second-order valence-electron chi connectivity index (χ2n) is 10.2. The standard InChI is InChI=1S/C38H25O3P/c39-35-32(27-18-8-2-9-19-27)31(26-16-6-1-7-17-26)33(35)34-36(40)38(37(34)41)42(28-20-10-3-11-21-28,29-22-12-4-13-23-29)30-24-14-5-15-25-30/h1-25H. The SMILES string of the molecule is O=C1C(=C2C(=O)C(=P(c3ccccc3)(c3ccccc3)c3ccccc3)C2=O)C(c2ccccc2)=C1c1ccccc1. The minimum absolute atomic E-state index is 0.000651. The molecule has 2 aliphatic rings. The van der Waals surface area contributed by atoms with E-state index < -0.39 is 6.89 Å². The van der Waals surface area contributed by atoms with Crippen molar-refractivity contribution in [2.45, 2.75) is 0 Å². The van der Waals surface area contributed by atoms with Crippen LogP contribution in [0.25, 0.3) is 11.1 Å². The molecule has 0 radical (unpaired) electrons. The summed E-state index contributed by atoms with van der Waals surface area (Å²) in [7, 11) is 0. The number of carbonyl (C=O) groups excluding carboxylic acids is 3. The molecule has 0 aromatic heterocycles. The fraction of sp³-hybridized carbons (Fsp3) is 0. The highest BCUT2D eigenvalue weighted by atomic mass is 31.2. The molecular formula is C38H25O3P. The van der Waals surface area contributed by atoms with E-state index in [2.05, 4.69) is 0 Å². The molecule has 0 atom stereocenters. The summed E-state index contributed by atoms with van der Waals surface area (Å²) < 4.78 is 0. The summed E-state index contributed by atoms with van der Waals surface area (Å²) in [6.45, 7) is -2.86. The number of hydrogen-bond donors (Lipinski definition) is 0. The summed E-state index contributed by atoms with van der Waals surface area (Å²) in [4.78, 5) is 42.8. The van der Waals surface area contributed by atoms with Gasteiger partial charge < -0.3 is 0 Å². The first-order chi connectivity index (χ1) is 20.6. The molecule has 0 amide bonds. The van der Waals surface area contributed by atoms with Gasteiger partial charge in [-0.1, -0.05) is 152 Å². The predicted octanol–water partition coefficient (Wildman–Crippen LogP) is 5.80. The maximum Gasteiger partial charge on any atom is 0.202 e. The van der Waals surface area contributed by atoms with Crippen LogP contribution in [0.5, 0.6) is 0 Å². The molecule has 0 heterocycles. The molecular weight excluding hydrogens is 535 g/mol. The zero-order valence-corrected chi connectivity index (χ0v) is 23.5. The Balaban J connectivity index is 1.54. The second-order valence-corrected chi connectivity index (χ2v) is 13.6. The number of rotatable bonds is 5. The molecule has 5 aromatic rings. The Labute approximate surface area is 244 Å². The normalized spacial score (nSPS) is 15.0. The van der Waals surface area contributed by atoms with Crippen LogP contribution < -0.4 is 15.9 Å². The third kappa shape index (κ3) is 3.79. The molecule has 0 unspecified atom stereocenters. The zero-order chi connectivity index (χ0) is 28.7. The van der Waals surface area contributed by atoms with Gasteiger partial charge in [-0.3, -0.25) is 14.4 Å². The van der Waals surface area contributed by atoms with Gasteiger partial charge >= 0.3 is 0 Å². The van der Waals surface area contributed by atoms with Crippen molar-refractivity contribution < 1.29 is 14.4 Å². The lowest BCUT2D eigenvalue weighted by atomic mass is 9.68. The van der Waals surface area contributed by atoms with E-state index in [4.69, 9.17) is 0 Å². The predicted molar refractivity (Wildman–Crippen MR) is 172 cm³/mol. The molecule has 42 heavy (non-hydrogen) atoms. The van der Waals surface area contributed by atoms with Gasteiger partial charge in [0.25, 0.3) is 0 Å². The van der Waals surface area contributed by atoms with Gasteiger partial charge in [0.15, 0.2) is 5.78 Å². The largest absolute Gasteiger partial charge is 0.289 e. The van der Waals surface area contributed by atoms with Gasteiger partial charge in [-0.05, 0) is 33.9 Å². The number of benzene rings is 5. The maximum absolute atomic E-state index is 14.5. The van der Waals surface area contributed by atoms with Crippen LogP contribution in [0.1, 0.15) is 11.1 Å². The second kappa shape index (κ2) is 10.4. The van der Waals surface area contributed by atoms with Crippen molar-refractivity contribution in [3.63, 3.8) is 0 Å². The number of allylic oxidation sites excluding steroid dienone is 4. The summed E-state index contributed by atoms with van der Waals surface area (Å²) >= 11 is 0. The molecule has 0 bridgehead atoms. The van der Waals surface area contributed by atoms with Gasteiger partial charge in [0, 0.05) is 16.7 Å². The summed E-state index contributed by atoms with van der Waals surface area (Å²) in [6, 6.07) is 48.5. The van der Waals surface area contributed by atoms with Gasteiger partial charge in [0.1, 0.15) is 0 Å². The van der Waals surface area contributed by atoms with Gasteiger partial charge in [-0.2, -0.15) is 0 Å². The van der Waals surface area contributed by atoms with E-state index in [-0.39, 0.29) is 33.8 Å². The van der Waals surface area contributed by atoms with E-state index in [0.717, 1.165) is 27.0 Å². The van der Waals surface area contributed by atoms with E-state index in [1.165, 1.54) is 0 Å². The smallest absolute Gasteiger partial charge is 0.202 e. The van der Waals surface area contributed by atoms with Gasteiger partial charge in [-0.25, -0.2) is 0 Å². The monoisotopic (exact) mass is 560 g/mol. The highest BCUT2D eigenvalue weighted by Gasteiger charge is 2.52. The van der Waals surface area contributed by atoms with Crippen LogP contribution in [0.4, 0.5) is 0 Å². The van der Waals surface area contributed by atoms with Crippen molar-refractivity contribution in [1.82, 2.24) is 0 Å². The quantitative estimate of drug-likeness (QED) is 0.155. The van der Waals surface area contributed by atoms with Gasteiger partial charge in [-0.15, -0.1) is 0 Å². The molecule has 200 valence electrons. The molecule has 1 fully saturated rings. The molecule has 0 aliphatic heterocycles. The number of ketones is 3. The Bertz CT molecular complexity index is 1860. The summed E-state index contributed by atoms with van der Waals surface area (Å²) in [6.07, 6.45) is 0. The van der Waals surface area contributed by atoms with Crippen molar-refractivity contribution >= 4 is 56.6 Å². The molecule has 7 rings (SSSR count). The molecule has 0 N–H and O–H groups in total. The molecule has 0 saturated heterocycles. The van der Waals surface area contributed by atoms with Crippen LogP contribution >= 0.6 is 6.89 Å². The fourth-order valence-corrected chi connectivity index (χ4v) is 10.5. The molecule has 4 heteroatoms. The maximum atomic E-state index is 14.5. The Kier molecular flexibility index (Phi) is 6.38. The van der Waals surface area contributed by atoms with Crippen LogP contribution in [0.3, 0.4) is 0 Å². The zero-order valence-electron chi connectivity index (χ0n) is 22.6. The minimum atomic E-state index is -2.86. The first-order valence-corrected chi connectivity index (χ1v) is 15.6. The van der Waals surface area contributed by atoms with Crippen molar-refractivity contribution in [3.05, 3.63) is 174 Å². The first-order valence-electron chi connectivity index (χ1n) is 13.8. The van der Waals surface area contributed by atoms with Crippen molar-refractivity contribution in [1.29, 1.82) is 0 Å². The number of hydrogen-bond acceptors (Lipinski definition) is 3. The number of Topliss-reactive ketones (excluding diaryl/α,β-unsaturated/α-hetero) is 3. The van der Waals surface area contributed by atoms with Gasteiger partial charge in [0.2, 0.25) is 11.6 Å². The van der Waals surface area contributed by atoms with Gasteiger partial charge in [0.05, 0.1) is 10.9 Å². The lowest BCUT2D eigenvalue weighted by Gasteiger charge is -2.37. The lowest BCUT2D eigenvalue weighted by Crippen LogP contribution is -2.49. The van der Waals surface area contributed by atoms with E-state index in [1.807, 2.05) is 152 Å². The summed E-state index contributed by atoms with van der Waals surface area (Å²) in [5, 5.41) is 3.03. The number of carbonyl (C=O) groups is 3. The summed E-state index contributed by atoms with van der Waals surface area (Å²) in [5.74, 6) is -0.943. The Morgan fingerprint density at radius 2 is 0.643 bits per heavy atom. The fourth-order valence-electron chi connectivity index (χ4n) is 6.13. The van der Waals surface area contributed by atoms with Crippen molar-refractivity contribution in [2.24, 2.45) is 0 Å². The lowest BCUT2D eigenvalue weighted by molar-refractivity contribution is -0.120. The highest BCUT2D eigenvalue weighted by molar-refractivity contribution is 7.98. The van der Waals surface area contributed by atoms with Crippen molar-refractivity contribution in [3.8, 4) is 0 Å². The molecule has 5 aromatic carbocycles. The van der Waals surface area contributed by atoms with Crippen LogP contribution in [0.2, 0.25) is 0 Å². The van der Waals surface area contributed by atoms with Crippen molar-refractivity contribution in [2.75, 3.05) is 0 Å². The Hall–Kier alpha value is -5.11. The molecule has 2 aliphatic carbocycles. The Morgan fingerprint density at radius 3 is 1.02 bits per heavy atom. The van der Waals surface area contributed by atoms with Crippen LogP contribution in [-0.2, 0) is 14.4 Å². The topological polar surface area (TPSA) is 51.2 Å². The highest BCUT2D eigenvalue weighted by Crippen LogP contribution is 2.53. The Morgan fingerprint density at radius 1 is 0.310 bits per heavy atom. The van der Waals surface area contributed by atoms with E-state index in [1.54, 1.807) is 0 Å². The average Bonchev–Trinajstić information content (AvgIpc) is 3.06. The molecule has 1 saturated carbocycles. The minimum Gasteiger partial charge on any atom is -0.289 e. The first kappa shape index (κ1) is 25.8. The summed E-state index contributed by atoms with van der Waals surface area (Å²) in [5.41, 5.74) is 3.00. The molecule has 3 nitrogen and oxygen atoms in total. The van der Waals surface area contributed by atoms with Crippen LogP contribution in [0, 0.1) is 0 Å².